The van der Waals surface area contributed by atoms with E-state index in [1.54, 1.807) is 73.3 Å². The number of hydrogen-bond acceptors (Lipinski definition) is 8. The maximum Gasteiger partial charge on any atom is 0.436 e. The molecule has 2 fully saturated rings. The predicted octanol–water partition coefficient (Wildman–Crippen LogP) is 9.73. The van der Waals surface area contributed by atoms with Crippen LogP contribution in [0.2, 0.25) is 20.1 Å². The van der Waals surface area contributed by atoms with Crippen molar-refractivity contribution in [1.29, 1.82) is 0 Å². The van der Waals surface area contributed by atoms with Crippen LogP contribution in [0.5, 0.6) is 11.5 Å². The van der Waals surface area contributed by atoms with Crippen molar-refractivity contribution in [2.75, 3.05) is 82.3 Å². The molecule has 2 aromatic carbocycles. The zero-order valence-electron chi connectivity index (χ0n) is 30.7. The molecule has 2 amide bonds. The summed E-state index contributed by atoms with van der Waals surface area (Å²) in [6.45, 7) is 4.65. The molecule has 0 spiro atoms. The summed E-state index contributed by atoms with van der Waals surface area (Å²) in [7, 11) is 3.14. The Bertz CT molecular complexity index is 2080. The van der Waals surface area contributed by atoms with Crippen LogP contribution in [0.3, 0.4) is 0 Å². The van der Waals surface area contributed by atoms with Gasteiger partial charge in [-0.3, -0.25) is 14.7 Å². The minimum absolute atomic E-state index is 0. The molecule has 2 saturated heterocycles. The number of nitrogens with zero attached hydrogens (tertiary/aromatic N) is 7. The van der Waals surface area contributed by atoms with Gasteiger partial charge in [-0.15, -0.1) is 11.6 Å². The molecular weight excluding hydrogens is 1140 g/mol. The average Bonchev–Trinajstić information content (AvgIpc) is 3.71. The Balaban J connectivity index is 0.000000265. The predicted molar refractivity (Wildman–Crippen MR) is 237 cm³/mol. The van der Waals surface area contributed by atoms with Gasteiger partial charge in [-0.2, -0.15) is 36.5 Å². The highest BCUT2D eigenvalue weighted by Gasteiger charge is 2.39. The number of alkyl halides is 7. The Morgan fingerprint density at radius 3 is 1.52 bits per heavy atom. The van der Waals surface area contributed by atoms with Gasteiger partial charge in [0.2, 0.25) is 11.8 Å². The third kappa shape index (κ3) is 13.5. The quantitative estimate of drug-likeness (QED) is 0.111. The Hall–Kier alpha value is -2.51. The third-order valence-corrected chi connectivity index (χ3v) is 12.8. The fraction of sp³-hybridized carbons (Fsp3) is 0.429. The zero-order chi connectivity index (χ0) is 43.8. The van der Waals surface area contributed by atoms with Crippen molar-refractivity contribution in [2.24, 2.45) is 0 Å². The maximum absolute atomic E-state index is 12.9. The summed E-state index contributed by atoms with van der Waals surface area (Å²) >= 11 is 31.9. The number of ether oxygens (including phenoxy) is 2. The Kier molecular flexibility index (Phi) is 19.6. The summed E-state index contributed by atoms with van der Waals surface area (Å²) in [5.74, 6) is 0.959. The number of methoxy groups -OCH3 is 2. The van der Waals surface area contributed by atoms with E-state index in [0.717, 1.165) is 29.1 Å². The molecule has 12 nitrogen and oxygen atoms in total. The number of piperazine rings is 2. The molecule has 4 aromatic rings. The molecule has 0 aliphatic carbocycles. The molecule has 332 valence electrons. The number of rotatable bonds is 7. The minimum atomic E-state index is -4.67. The lowest BCUT2D eigenvalue weighted by Crippen LogP contribution is -2.49. The van der Waals surface area contributed by atoms with E-state index < -0.39 is 28.8 Å². The van der Waals surface area contributed by atoms with E-state index >= 15 is 0 Å². The Morgan fingerprint density at radius 1 is 0.733 bits per heavy atom. The fourth-order valence-corrected chi connectivity index (χ4v) is 7.55. The number of aromatic amines is 1. The fourth-order valence-electron chi connectivity index (χ4n) is 5.63. The molecule has 2 aliphatic heterocycles. The second-order valence-corrected chi connectivity index (χ2v) is 16.2. The SMILES string of the molecule is C.COc1cc(N2CCN(C(=O)CCl)CC2)ccc1Cl.COc1cc(N2CCN(C(=O)Cn3nc(C(F)(F)F)c(Cl)c3I)CC2)ccc1Cl.FC(F)(F)c1[nH]nc(I)c1Cl. The summed E-state index contributed by atoms with van der Waals surface area (Å²) in [4.78, 5) is 31.7. The van der Waals surface area contributed by atoms with E-state index in [0.29, 0.717) is 60.8 Å². The lowest BCUT2D eigenvalue weighted by molar-refractivity contribution is -0.142. The molecule has 0 saturated carbocycles. The van der Waals surface area contributed by atoms with Crippen LogP contribution in [0.1, 0.15) is 18.8 Å². The number of hydrogen-bond donors (Lipinski definition) is 1. The van der Waals surface area contributed by atoms with Gasteiger partial charge in [0, 0.05) is 75.9 Å². The molecule has 0 unspecified atom stereocenters. The standard InChI is InChI=1S/C17H16Cl2F3IN4O2.C13H16Cl2N2O2.C4HClF3IN2.CH4/c1-29-12-8-10(2-3-11(12)18)25-4-6-26(7-5-25)13(28)9-27-16(23)14(19)15(24-27)17(20,21)22;1-19-12-8-10(2-3-11(12)15)16-4-6-17(7-5-16)13(18)9-14;5-1-2(4(6,7)8)10-11-3(1)9;/h2-3,8H,4-7,9H2,1H3;2-3,8H,4-7,9H2,1H3;(H,10,11);1H4. The van der Waals surface area contributed by atoms with Crippen molar-refractivity contribution in [2.45, 2.75) is 26.3 Å². The maximum atomic E-state index is 12.9. The Morgan fingerprint density at radius 2 is 1.18 bits per heavy atom. The van der Waals surface area contributed by atoms with Crippen LogP contribution in [0, 0.1) is 7.40 Å². The van der Waals surface area contributed by atoms with Crippen molar-refractivity contribution in [3.63, 3.8) is 0 Å². The molecule has 1 N–H and O–H groups in total. The van der Waals surface area contributed by atoms with Crippen LogP contribution >= 0.6 is 103 Å². The smallest absolute Gasteiger partial charge is 0.436 e. The topological polar surface area (TPSA) is 112 Å². The van der Waals surface area contributed by atoms with Crippen LogP contribution in [-0.2, 0) is 28.5 Å². The van der Waals surface area contributed by atoms with Crippen LogP contribution in [0.4, 0.5) is 37.7 Å². The van der Waals surface area contributed by atoms with Crippen LogP contribution in [-0.4, -0.2) is 114 Å². The van der Waals surface area contributed by atoms with Gasteiger partial charge >= 0.3 is 12.4 Å². The van der Waals surface area contributed by atoms with Gasteiger partial charge in [-0.1, -0.05) is 53.8 Å². The van der Waals surface area contributed by atoms with E-state index in [-0.39, 0.29) is 44.1 Å². The second kappa shape index (κ2) is 22.7. The van der Waals surface area contributed by atoms with E-state index in [9.17, 15) is 35.9 Å². The van der Waals surface area contributed by atoms with Crippen LogP contribution < -0.4 is 19.3 Å². The normalized spacial score (nSPS) is 14.4. The zero-order valence-corrected chi connectivity index (χ0v) is 38.8. The number of anilines is 2. The largest absolute Gasteiger partial charge is 0.495 e. The summed E-state index contributed by atoms with van der Waals surface area (Å²) in [5, 5.41) is 8.80. The summed E-state index contributed by atoms with van der Waals surface area (Å²) in [6, 6.07) is 11.1. The van der Waals surface area contributed by atoms with Crippen molar-refractivity contribution in [1.82, 2.24) is 29.8 Å². The number of carbonyl (C=O) groups excluding carboxylic acids is 2. The second-order valence-electron chi connectivity index (χ2n) is 12.3. The first kappa shape index (κ1) is 51.8. The third-order valence-electron chi connectivity index (χ3n) is 8.72. The first-order valence-electron chi connectivity index (χ1n) is 16.9. The van der Waals surface area contributed by atoms with Gasteiger partial charge in [0.1, 0.15) is 41.4 Å². The van der Waals surface area contributed by atoms with Crippen molar-refractivity contribution in [3.05, 3.63) is 75.3 Å². The van der Waals surface area contributed by atoms with Crippen molar-refractivity contribution < 1.29 is 45.4 Å². The minimum Gasteiger partial charge on any atom is -0.495 e. The van der Waals surface area contributed by atoms with Gasteiger partial charge in [0.05, 0.1) is 24.3 Å². The van der Waals surface area contributed by atoms with E-state index in [4.69, 9.17) is 67.5 Å². The molecule has 0 atom stereocenters. The van der Waals surface area contributed by atoms with E-state index in [1.807, 2.05) is 30.3 Å². The van der Waals surface area contributed by atoms with Gasteiger partial charge in [-0.25, -0.2) is 4.68 Å². The summed E-state index contributed by atoms with van der Waals surface area (Å²) in [6.07, 6.45) is -9.12. The highest BCUT2D eigenvalue weighted by Crippen LogP contribution is 2.37. The van der Waals surface area contributed by atoms with E-state index in [1.165, 1.54) is 7.11 Å². The number of aromatic nitrogens is 4. The summed E-state index contributed by atoms with van der Waals surface area (Å²) < 4.78 is 86.1. The molecule has 2 aromatic heterocycles. The number of H-pyrrole nitrogens is 1. The lowest BCUT2D eigenvalue weighted by atomic mass is 10.2. The molecule has 25 heteroatoms. The number of amides is 2. The van der Waals surface area contributed by atoms with E-state index in [2.05, 4.69) is 20.0 Å². The van der Waals surface area contributed by atoms with Gasteiger partial charge in [-0.05, 0) is 69.4 Å². The van der Waals surface area contributed by atoms with Crippen LogP contribution in [0.15, 0.2) is 36.4 Å². The van der Waals surface area contributed by atoms with Gasteiger partial charge in [0.15, 0.2) is 11.4 Å². The van der Waals surface area contributed by atoms with Crippen LogP contribution in [0.25, 0.3) is 0 Å². The Labute approximate surface area is 393 Å². The molecule has 60 heavy (non-hydrogen) atoms. The van der Waals surface area contributed by atoms with Gasteiger partial charge < -0.3 is 29.1 Å². The average molecular weight is 1180 g/mol. The van der Waals surface area contributed by atoms with Crippen molar-refractivity contribution in [3.8, 4) is 11.5 Å². The summed E-state index contributed by atoms with van der Waals surface area (Å²) in [5.41, 5.74) is -0.206. The highest BCUT2D eigenvalue weighted by molar-refractivity contribution is 14.1. The van der Waals surface area contributed by atoms with Crippen molar-refractivity contribution >= 4 is 126 Å². The molecule has 0 radical (unpaired) electrons. The molecular formula is C35H37Cl5F6I2N8O4. The number of nitrogens with one attached hydrogen (secondary N) is 1. The molecule has 0 bridgehead atoms. The lowest BCUT2D eigenvalue weighted by Gasteiger charge is -2.36. The number of carbonyl (C=O) groups is 2. The molecule has 4 heterocycles. The molecule has 6 rings (SSSR count). The highest BCUT2D eigenvalue weighted by atomic mass is 127. The number of halogens is 13. The van der Waals surface area contributed by atoms with Gasteiger partial charge in [0.25, 0.3) is 0 Å². The first-order chi connectivity index (χ1) is 27.7. The monoisotopic (exact) mass is 1180 g/mol. The molecule has 2 aliphatic rings. The number of benzene rings is 2. The first-order valence-corrected chi connectivity index (χ1v) is 21.1.